The van der Waals surface area contributed by atoms with Crippen LogP contribution < -0.4 is 5.32 Å². The Morgan fingerprint density at radius 3 is 2.71 bits per heavy atom. The third kappa shape index (κ3) is 2.04. The number of hydrogen-bond donors (Lipinski definition) is 1. The lowest BCUT2D eigenvalue weighted by molar-refractivity contribution is 0.0975. The molecular weight excluding hydrogens is 260 g/mol. The molecule has 1 N–H and O–H groups in total. The fourth-order valence-corrected chi connectivity index (χ4v) is 4.11. The molecule has 4 fully saturated rings. The van der Waals surface area contributed by atoms with Crippen LogP contribution in [-0.2, 0) is 0 Å². The van der Waals surface area contributed by atoms with Gasteiger partial charge in [-0.25, -0.2) is 4.98 Å². The zero-order valence-electron chi connectivity index (χ0n) is 12.3. The van der Waals surface area contributed by atoms with E-state index >= 15 is 0 Å². The summed E-state index contributed by atoms with van der Waals surface area (Å²) in [6, 6.07) is 5.80. The first-order valence-electron chi connectivity index (χ1n) is 8.32. The maximum atomic E-state index is 4.72. The summed E-state index contributed by atoms with van der Waals surface area (Å²) < 4.78 is 2.34. The number of rotatable bonds is 3. The number of hydrogen-bond acceptors (Lipinski definition) is 3. The predicted molar refractivity (Wildman–Crippen MR) is 84.6 cm³/mol. The average molecular weight is 282 g/mol. The van der Waals surface area contributed by atoms with Crippen molar-refractivity contribution in [1.29, 1.82) is 0 Å². The second-order valence-corrected chi connectivity index (χ2v) is 6.98. The van der Waals surface area contributed by atoms with Gasteiger partial charge in [-0.3, -0.25) is 0 Å². The van der Waals surface area contributed by atoms with Gasteiger partial charge in [-0.05, 0) is 56.8 Å². The zero-order valence-corrected chi connectivity index (χ0v) is 12.3. The number of fused-ring (bicyclic) bond motifs is 4. The molecule has 5 heterocycles. The van der Waals surface area contributed by atoms with Gasteiger partial charge in [-0.15, -0.1) is 0 Å². The van der Waals surface area contributed by atoms with E-state index in [-0.39, 0.29) is 0 Å². The summed E-state index contributed by atoms with van der Waals surface area (Å²) in [6.07, 6.45) is 9.55. The molecule has 2 bridgehead atoms. The predicted octanol–water partition coefficient (Wildman–Crippen LogP) is 2.88. The Bertz CT molecular complexity index is 664. The van der Waals surface area contributed by atoms with Gasteiger partial charge in [0, 0.05) is 30.2 Å². The second-order valence-electron chi connectivity index (χ2n) is 6.98. The van der Waals surface area contributed by atoms with Crippen molar-refractivity contribution in [3.05, 3.63) is 24.5 Å². The van der Waals surface area contributed by atoms with Gasteiger partial charge in [-0.1, -0.05) is 0 Å². The fourth-order valence-electron chi connectivity index (χ4n) is 4.11. The Morgan fingerprint density at radius 2 is 2.00 bits per heavy atom. The highest BCUT2D eigenvalue weighted by atomic mass is 15.2. The monoisotopic (exact) mass is 282 g/mol. The van der Waals surface area contributed by atoms with E-state index in [2.05, 4.69) is 33.1 Å². The quantitative estimate of drug-likeness (QED) is 0.939. The first kappa shape index (κ1) is 12.0. The van der Waals surface area contributed by atoms with Crippen LogP contribution in [0.1, 0.15) is 31.7 Å². The van der Waals surface area contributed by atoms with Crippen LogP contribution in [0.2, 0.25) is 0 Å². The lowest BCUT2D eigenvalue weighted by Crippen LogP contribution is -2.53. The van der Waals surface area contributed by atoms with Crippen LogP contribution in [0.25, 0.3) is 11.0 Å². The highest BCUT2D eigenvalue weighted by Crippen LogP contribution is 2.37. The highest BCUT2D eigenvalue weighted by molar-refractivity contribution is 5.80. The molecule has 0 radical (unpaired) electrons. The van der Waals surface area contributed by atoms with Crippen molar-refractivity contribution in [2.24, 2.45) is 5.92 Å². The molecule has 1 atom stereocenters. The molecule has 3 saturated heterocycles. The van der Waals surface area contributed by atoms with Gasteiger partial charge in [0.05, 0.1) is 11.9 Å². The minimum absolute atomic E-state index is 0.609. The lowest BCUT2D eigenvalue weighted by atomic mass is 9.84. The van der Waals surface area contributed by atoms with Gasteiger partial charge >= 0.3 is 0 Å². The van der Waals surface area contributed by atoms with Crippen LogP contribution >= 0.6 is 0 Å². The Labute approximate surface area is 125 Å². The van der Waals surface area contributed by atoms with Crippen LogP contribution in [0, 0.1) is 5.92 Å². The summed E-state index contributed by atoms with van der Waals surface area (Å²) in [7, 11) is 0. The minimum Gasteiger partial charge on any atom is -0.379 e. The first-order valence-corrected chi connectivity index (χ1v) is 8.32. The zero-order chi connectivity index (χ0) is 13.8. The highest BCUT2D eigenvalue weighted by Gasteiger charge is 2.34. The van der Waals surface area contributed by atoms with Gasteiger partial charge in [0.25, 0.3) is 0 Å². The van der Waals surface area contributed by atoms with Crippen LogP contribution in [0.5, 0.6) is 0 Å². The number of nitrogens with zero attached hydrogens (tertiary/aromatic N) is 3. The van der Waals surface area contributed by atoms with Gasteiger partial charge in [0.2, 0.25) is 0 Å². The largest absolute Gasteiger partial charge is 0.379 e. The van der Waals surface area contributed by atoms with E-state index in [0.717, 1.165) is 11.6 Å². The van der Waals surface area contributed by atoms with Crippen LogP contribution in [0.4, 0.5) is 5.69 Å². The summed E-state index contributed by atoms with van der Waals surface area (Å²) in [5.41, 5.74) is 2.34. The van der Waals surface area contributed by atoms with Crippen LogP contribution in [-0.4, -0.2) is 40.1 Å². The van der Waals surface area contributed by atoms with Gasteiger partial charge in [-0.2, -0.15) is 0 Å². The number of pyridine rings is 1. The summed E-state index contributed by atoms with van der Waals surface area (Å²) in [5.74, 6) is 0.849. The Hall–Kier alpha value is -1.55. The van der Waals surface area contributed by atoms with Crippen LogP contribution in [0.15, 0.2) is 24.5 Å². The molecule has 0 unspecified atom stereocenters. The van der Waals surface area contributed by atoms with Crippen molar-refractivity contribution in [3.63, 3.8) is 0 Å². The molecule has 6 rings (SSSR count). The van der Waals surface area contributed by atoms with Crippen molar-refractivity contribution >= 4 is 16.7 Å². The van der Waals surface area contributed by atoms with E-state index in [1.54, 1.807) is 0 Å². The number of anilines is 1. The molecule has 2 aromatic heterocycles. The summed E-state index contributed by atoms with van der Waals surface area (Å²) in [6.45, 7) is 3.79. The van der Waals surface area contributed by atoms with Crippen molar-refractivity contribution in [1.82, 2.24) is 14.5 Å². The smallest absolute Gasteiger partial charge is 0.140 e. The van der Waals surface area contributed by atoms with E-state index in [0.29, 0.717) is 12.1 Å². The number of aromatic nitrogens is 2. The molecule has 4 nitrogen and oxygen atoms in total. The summed E-state index contributed by atoms with van der Waals surface area (Å²) >= 11 is 0. The molecule has 0 aromatic carbocycles. The van der Waals surface area contributed by atoms with Crippen molar-refractivity contribution in [2.45, 2.75) is 37.8 Å². The Kier molecular flexibility index (Phi) is 2.56. The maximum Gasteiger partial charge on any atom is 0.140 e. The second kappa shape index (κ2) is 4.47. The van der Waals surface area contributed by atoms with Gasteiger partial charge in [0.15, 0.2) is 0 Å². The van der Waals surface area contributed by atoms with E-state index < -0.39 is 0 Å². The van der Waals surface area contributed by atoms with Crippen molar-refractivity contribution in [3.8, 4) is 0 Å². The Balaban J connectivity index is 1.40. The van der Waals surface area contributed by atoms with E-state index in [4.69, 9.17) is 4.98 Å². The molecule has 3 aliphatic heterocycles. The van der Waals surface area contributed by atoms with E-state index in [1.807, 2.05) is 6.20 Å². The van der Waals surface area contributed by atoms with Crippen molar-refractivity contribution < 1.29 is 0 Å². The molecule has 0 amide bonds. The average Bonchev–Trinajstić information content (AvgIpc) is 3.28. The molecule has 21 heavy (non-hydrogen) atoms. The Morgan fingerprint density at radius 1 is 1.14 bits per heavy atom. The molecule has 110 valence electrons. The molecule has 2 aromatic rings. The molecule has 1 aliphatic carbocycles. The summed E-state index contributed by atoms with van der Waals surface area (Å²) in [5, 5.41) is 5.02. The maximum absolute atomic E-state index is 4.72. The lowest BCUT2D eigenvalue weighted by Gasteiger charge is -2.45. The number of nitrogens with one attached hydrogen (secondary N) is 1. The summed E-state index contributed by atoms with van der Waals surface area (Å²) in [4.78, 5) is 7.31. The molecular formula is C17H22N4. The van der Waals surface area contributed by atoms with Gasteiger partial charge in [0.1, 0.15) is 5.65 Å². The van der Waals surface area contributed by atoms with Crippen molar-refractivity contribution in [2.75, 3.05) is 25.0 Å². The van der Waals surface area contributed by atoms with E-state index in [1.165, 1.54) is 56.4 Å². The third-order valence-corrected chi connectivity index (χ3v) is 5.50. The topological polar surface area (TPSA) is 33.1 Å². The molecule has 1 saturated carbocycles. The van der Waals surface area contributed by atoms with E-state index in [9.17, 15) is 0 Å². The molecule has 0 spiro atoms. The molecule has 4 aliphatic rings. The normalized spacial score (nSPS) is 31.7. The third-order valence-electron chi connectivity index (χ3n) is 5.50. The first-order chi connectivity index (χ1) is 10.4. The standard InChI is InChI=1S/C17H22N4/c1-2-15(1)21-8-5-13-9-14(10-18-17(13)21)19-16-11-20-6-3-12(16)4-7-20/h5,8-10,12,15-16,19H,1-4,6-7,11H2/t16-/m0/s1. The SMILES string of the molecule is c1nc2c(ccn2C2CC2)cc1N[C@H]1CN2CCC1CC2. The minimum atomic E-state index is 0.609. The van der Waals surface area contributed by atoms with Gasteiger partial charge < -0.3 is 14.8 Å². The number of piperidine rings is 3. The van der Waals surface area contributed by atoms with Crippen LogP contribution in [0.3, 0.4) is 0 Å². The fraction of sp³-hybridized carbons (Fsp3) is 0.588. The molecule has 4 heteroatoms.